The van der Waals surface area contributed by atoms with Gasteiger partial charge in [-0.25, -0.2) is 0 Å². The van der Waals surface area contributed by atoms with Crippen LogP contribution in [0.25, 0.3) is 11.1 Å². The zero-order valence-electron chi connectivity index (χ0n) is 21.7. The second-order valence-corrected chi connectivity index (χ2v) is 14.4. The molecule has 0 bridgehead atoms. The van der Waals surface area contributed by atoms with E-state index < -0.39 is 13.7 Å². The van der Waals surface area contributed by atoms with Crippen molar-refractivity contribution in [1.82, 2.24) is 0 Å². The van der Waals surface area contributed by atoms with E-state index in [1.54, 1.807) is 14.2 Å². The molecule has 0 aromatic heterocycles. The Morgan fingerprint density at radius 1 is 0.758 bits per heavy atom. The van der Waals surface area contributed by atoms with Gasteiger partial charge in [0.15, 0.2) is 5.79 Å². The van der Waals surface area contributed by atoms with E-state index in [2.05, 4.69) is 72.7 Å². The smallest absolute Gasteiger partial charge is 0.170 e. The van der Waals surface area contributed by atoms with Crippen LogP contribution in [0.3, 0.4) is 0 Å². The highest BCUT2D eigenvalue weighted by atomic mass is 31.1. The molecule has 0 atom stereocenters. The minimum atomic E-state index is -0.686. The minimum Gasteiger partial charge on any atom is -0.496 e. The maximum absolute atomic E-state index is 6.24. The van der Waals surface area contributed by atoms with Crippen LogP contribution < -0.4 is 14.8 Å². The number of rotatable bonds is 4. The summed E-state index contributed by atoms with van der Waals surface area (Å²) >= 11 is 0. The van der Waals surface area contributed by atoms with Crippen LogP contribution in [0, 0.1) is 20.8 Å². The summed E-state index contributed by atoms with van der Waals surface area (Å²) in [5.41, 5.74) is 6.25. The third-order valence-electron chi connectivity index (χ3n) is 7.12. The summed E-state index contributed by atoms with van der Waals surface area (Å²) in [6, 6.07) is 8.67. The first-order valence-corrected chi connectivity index (χ1v) is 13.2. The predicted octanol–water partition coefficient (Wildman–Crippen LogP) is 6.50. The van der Waals surface area contributed by atoms with Crippen molar-refractivity contribution in [2.75, 3.05) is 27.4 Å². The van der Waals surface area contributed by atoms with Crippen molar-refractivity contribution in [2.24, 2.45) is 0 Å². The van der Waals surface area contributed by atoms with Crippen LogP contribution in [-0.4, -0.2) is 43.5 Å². The van der Waals surface area contributed by atoms with E-state index in [4.69, 9.17) is 18.9 Å². The van der Waals surface area contributed by atoms with Crippen LogP contribution in [0.1, 0.15) is 57.2 Å². The van der Waals surface area contributed by atoms with Crippen LogP contribution in [0.4, 0.5) is 0 Å². The van der Waals surface area contributed by atoms with Crippen molar-refractivity contribution >= 4 is 13.2 Å². The van der Waals surface area contributed by atoms with Gasteiger partial charge in [0.25, 0.3) is 0 Å². The summed E-state index contributed by atoms with van der Waals surface area (Å²) in [5.74, 6) is 1.37. The summed E-state index contributed by atoms with van der Waals surface area (Å²) in [7, 11) is 2.87. The largest absolute Gasteiger partial charge is 0.496 e. The molecule has 2 heterocycles. The zero-order chi connectivity index (χ0) is 24.2. The third-order valence-corrected chi connectivity index (χ3v) is 10.7. The van der Waals surface area contributed by atoms with E-state index in [1.165, 1.54) is 33.1 Å². The number of ether oxygens (including phenoxy) is 4. The van der Waals surface area contributed by atoms with Gasteiger partial charge in [-0.15, -0.1) is 0 Å². The quantitative estimate of drug-likeness (QED) is 0.478. The average molecular weight is 471 g/mol. The molecule has 2 saturated heterocycles. The Labute approximate surface area is 200 Å². The van der Waals surface area contributed by atoms with Gasteiger partial charge in [0.05, 0.1) is 27.4 Å². The molecule has 0 radical (unpaired) electrons. The van der Waals surface area contributed by atoms with E-state index in [0.717, 1.165) is 24.3 Å². The Bertz CT molecular complexity index is 1010. The lowest BCUT2D eigenvalue weighted by Crippen LogP contribution is -2.52. The first kappa shape index (κ1) is 24.5. The van der Waals surface area contributed by atoms with Crippen molar-refractivity contribution in [3.63, 3.8) is 0 Å². The highest BCUT2D eigenvalue weighted by molar-refractivity contribution is 7.69. The van der Waals surface area contributed by atoms with Crippen LogP contribution in [0.15, 0.2) is 24.3 Å². The van der Waals surface area contributed by atoms with Crippen LogP contribution >= 0.6 is 7.92 Å². The summed E-state index contributed by atoms with van der Waals surface area (Å²) in [6.45, 7) is 17.4. The molecule has 0 saturated carbocycles. The number of benzene rings is 2. The topological polar surface area (TPSA) is 36.9 Å². The molecule has 4 rings (SSSR count). The van der Waals surface area contributed by atoms with Crippen molar-refractivity contribution in [2.45, 2.75) is 77.4 Å². The molecule has 2 aliphatic heterocycles. The van der Waals surface area contributed by atoms with Gasteiger partial charge in [-0.1, -0.05) is 53.3 Å². The minimum absolute atomic E-state index is 0.0255. The van der Waals surface area contributed by atoms with Gasteiger partial charge in [-0.05, 0) is 59.9 Å². The van der Waals surface area contributed by atoms with Crippen molar-refractivity contribution in [3.05, 3.63) is 41.0 Å². The average Bonchev–Trinajstić information content (AvgIpc) is 3.12. The fourth-order valence-corrected chi connectivity index (χ4v) is 11.1. The second kappa shape index (κ2) is 8.56. The first-order chi connectivity index (χ1) is 15.4. The number of methoxy groups -OCH3 is 2. The standard InChI is InChI=1S/C28H39O4P/c1-18-14-19(2)23(20(3)15-18)24-21(29-8)10-11-22(30-9)25(24)33-26(4,5)16-28(17-27(33,6)7)31-12-13-32-28/h10-11,14-15H,12-13,16-17H2,1-9H3. The highest BCUT2D eigenvalue weighted by Gasteiger charge is 2.58. The summed E-state index contributed by atoms with van der Waals surface area (Å²) in [6.07, 6.45) is 1.75. The predicted molar refractivity (Wildman–Crippen MR) is 138 cm³/mol. The SMILES string of the molecule is COc1ccc(OC)c(P2C(C)(C)CC3(CC2(C)C)OCCO3)c1-c1c(C)cc(C)cc1C. The van der Waals surface area contributed by atoms with E-state index in [0.29, 0.717) is 13.2 Å². The molecule has 0 unspecified atom stereocenters. The van der Waals surface area contributed by atoms with Gasteiger partial charge in [0, 0.05) is 23.7 Å². The molecule has 0 amide bonds. The molecule has 5 heteroatoms. The fraction of sp³-hybridized carbons (Fsp3) is 0.571. The fourth-order valence-electron chi connectivity index (χ4n) is 6.59. The molecule has 2 aliphatic rings. The van der Waals surface area contributed by atoms with Gasteiger partial charge in [-0.3, -0.25) is 0 Å². The molecule has 33 heavy (non-hydrogen) atoms. The molecule has 2 aromatic carbocycles. The van der Waals surface area contributed by atoms with Gasteiger partial charge < -0.3 is 18.9 Å². The molecule has 1 spiro atoms. The van der Waals surface area contributed by atoms with Crippen LogP contribution in [-0.2, 0) is 9.47 Å². The normalized spacial score (nSPS) is 21.4. The molecule has 180 valence electrons. The Hall–Kier alpha value is -1.61. The summed E-state index contributed by atoms with van der Waals surface area (Å²) in [5, 5.41) is 1.25. The van der Waals surface area contributed by atoms with E-state index >= 15 is 0 Å². The lowest BCUT2D eigenvalue weighted by molar-refractivity contribution is -0.178. The second-order valence-electron chi connectivity index (χ2n) is 10.9. The molecule has 0 N–H and O–H groups in total. The van der Waals surface area contributed by atoms with Crippen molar-refractivity contribution < 1.29 is 18.9 Å². The van der Waals surface area contributed by atoms with E-state index in [1.807, 2.05) is 0 Å². The Balaban J connectivity index is 2.02. The number of hydrogen-bond donors (Lipinski definition) is 0. The van der Waals surface area contributed by atoms with E-state index in [9.17, 15) is 0 Å². The Morgan fingerprint density at radius 3 is 1.73 bits per heavy atom. The monoisotopic (exact) mass is 470 g/mol. The summed E-state index contributed by atoms with van der Waals surface area (Å²) in [4.78, 5) is 0. The molecular formula is C28H39O4P. The lowest BCUT2D eigenvalue weighted by atomic mass is 9.91. The van der Waals surface area contributed by atoms with Crippen molar-refractivity contribution in [1.29, 1.82) is 0 Å². The van der Waals surface area contributed by atoms with Gasteiger partial charge >= 0.3 is 0 Å². The maximum atomic E-state index is 6.24. The van der Waals surface area contributed by atoms with Gasteiger partial charge in [0.1, 0.15) is 11.5 Å². The molecular weight excluding hydrogens is 431 g/mol. The molecule has 4 nitrogen and oxygen atoms in total. The van der Waals surface area contributed by atoms with Gasteiger partial charge in [-0.2, -0.15) is 0 Å². The first-order valence-electron chi connectivity index (χ1n) is 11.9. The molecule has 2 aromatic rings. The Morgan fingerprint density at radius 2 is 1.24 bits per heavy atom. The molecule has 0 aliphatic carbocycles. The molecule has 2 fully saturated rings. The van der Waals surface area contributed by atoms with Gasteiger partial charge in [0.2, 0.25) is 0 Å². The maximum Gasteiger partial charge on any atom is 0.170 e. The number of aryl methyl sites for hydroxylation is 3. The lowest BCUT2D eigenvalue weighted by Gasteiger charge is -2.55. The zero-order valence-corrected chi connectivity index (χ0v) is 22.6. The van der Waals surface area contributed by atoms with E-state index in [-0.39, 0.29) is 10.3 Å². The highest BCUT2D eigenvalue weighted by Crippen LogP contribution is 2.70. The van der Waals surface area contributed by atoms with Crippen molar-refractivity contribution in [3.8, 4) is 22.6 Å². The van der Waals surface area contributed by atoms with Crippen LogP contribution in [0.5, 0.6) is 11.5 Å². The van der Waals surface area contributed by atoms with Crippen LogP contribution in [0.2, 0.25) is 0 Å². The summed E-state index contributed by atoms with van der Waals surface area (Å²) < 4.78 is 24.5. The number of hydrogen-bond acceptors (Lipinski definition) is 4. The third kappa shape index (κ3) is 4.20. The Kier molecular flexibility index (Phi) is 6.36.